The first-order chi connectivity index (χ1) is 10.0. The highest BCUT2D eigenvalue weighted by molar-refractivity contribution is 9.10. The number of hydrogen-bond donors (Lipinski definition) is 1. The summed E-state index contributed by atoms with van der Waals surface area (Å²) in [7, 11) is 0. The van der Waals surface area contributed by atoms with E-state index in [9.17, 15) is 0 Å². The van der Waals surface area contributed by atoms with Gasteiger partial charge in [-0.3, -0.25) is 4.68 Å². The maximum atomic E-state index is 4.73. The van der Waals surface area contributed by atoms with Crippen molar-refractivity contribution in [1.29, 1.82) is 0 Å². The van der Waals surface area contributed by atoms with Crippen LogP contribution in [-0.4, -0.2) is 16.3 Å². The third-order valence-corrected chi connectivity index (χ3v) is 4.29. The summed E-state index contributed by atoms with van der Waals surface area (Å²) in [6, 6.07) is 8.75. The van der Waals surface area contributed by atoms with E-state index in [2.05, 4.69) is 71.8 Å². The molecule has 4 heteroatoms. The summed E-state index contributed by atoms with van der Waals surface area (Å²) in [5.41, 5.74) is 4.97. The smallest absolute Gasteiger partial charge is 0.0663 e. The van der Waals surface area contributed by atoms with Gasteiger partial charge >= 0.3 is 0 Å². The van der Waals surface area contributed by atoms with Gasteiger partial charge < -0.3 is 5.32 Å². The summed E-state index contributed by atoms with van der Waals surface area (Å²) in [6.07, 6.45) is 1.15. The number of nitrogens with zero attached hydrogens (tertiary/aromatic N) is 2. The Bertz CT molecular complexity index is 604. The van der Waals surface area contributed by atoms with Crippen LogP contribution in [0.5, 0.6) is 0 Å². The minimum atomic E-state index is 0.348. The van der Waals surface area contributed by atoms with Crippen molar-refractivity contribution in [3.63, 3.8) is 0 Å². The predicted molar refractivity (Wildman–Crippen MR) is 91.7 cm³/mol. The van der Waals surface area contributed by atoms with Crippen molar-refractivity contribution < 1.29 is 0 Å². The Balaban J connectivity index is 2.22. The van der Waals surface area contributed by atoms with E-state index < -0.39 is 0 Å². The molecule has 114 valence electrons. The van der Waals surface area contributed by atoms with E-state index >= 15 is 0 Å². The average Bonchev–Trinajstić information content (AvgIpc) is 2.71. The molecule has 1 aromatic heterocycles. The summed E-state index contributed by atoms with van der Waals surface area (Å²) in [6.45, 7) is 10.5. The molecular formula is C17H24BrN3. The quantitative estimate of drug-likeness (QED) is 0.838. The Morgan fingerprint density at radius 3 is 2.76 bits per heavy atom. The molecule has 0 aliphatic rings. The van der Waals surface area contributed by atoms with Crippen LogP contribution in [0.25, 0.3) is 0 Å². The maximum Gasteiger partial charge on any atom is 0.0663 e. The summed E-state index contributed by atoms with van der Waals surface area (Å²) in [4.78, 5) is 0. The molecule has 1 N–H and O–H groups in total. The fourth-order valence-electron chi connectivity index (χ4n) is 2.76. The minimum absolute atomic E-state index is 0.348. The number of aryl methyl sites for hydroxylation is 1. The highest BCUT2D eigenvalue weighted by Gasteiger charge is 2.17. The van der Waals surface area contributed by atoms with Gasteiger partial charge in [-0.2, -0.15) is 5.10 Å². The molecule has 2 rings (SSSR count). The van der Waals surface area contributed by atoms with Crippen molar-refractivity contribution in [1.82, 2.24) is 15.1 Å². The Morgan fingerprint density at radius 2 is 2.10 bits per heavy atom. The number of halogens is 1. The zero-order valence-corrected chi connectivity index (χ0v) is 14.9. The zero-order valence-electron chi connectivity index (χ0n) is 13.3. The second-order valence-corrected chi connectivity index (χ2v) is 6.46. The Morgan fingerprint density at radius 1 is 1.33 bits per heavy atom. The van der Waals surface area contributed by atoms with Crippen molar-refractivity contribution in [3.05, 3.63) is 51.3 Å². The van der Waals surface area contributed by atoms with Gasteiger partial charge in [-0.25, -0.2) is 0 Å². The molecule has 0 amide bonds. The van der Waals surface area contributed by atoms with E-state index in [1.54, 1.807) is 0 Å². The van der Waals surface area contributed by atoms with Crippen molar-refractivity contribution in [2.45, 2.75) is 46.7 Å². The van der Waals surface area contributed by atoms with Gasteiger partial charge in [-0.05, 0) is 51.4 Å². The Hall–Kier alpha value is -1.13. The standard InChI is InChI=1S/C17H24BrN3/c1-5-9-19-12(2)17-13(3)20-21(14(17)4)11-15-7-6-8-16(18)10-15/h6-8,10,12,19H,5,9,11H2,1-4H3. The third-order valence-electron chi connectivity index (χ3n) is 3.79. The van der Waals surface area contributed by atoms with Crippen LogP contribution in [-0.2, 0) is 6.54 Å². The lowest BCUT2D eigenvalue weighted by molar-refractivity contribution is 0.564. The van der Waals surface area contributed by atoms with Gasteiger partial charge in [0.25, 0.3) is 0 Å². The molecule has 1 heterocycles. The fourth-order valence-corrected chi connectivity index (χ4v) is 3.21. The molecular weight excluding hydrogens is 326 g/mol. The predicted octanol–water partition coefficient (Wildman–Crippen LogP) is 4.37. The first-order valence-electron chi connectivity index (χ1n) is 7.54. The van der Waals surface area contributed by atoms with Gasteiger partial charge in [0.05, 0.1) is 12.2 Å². The van der Waals surface area contributed by atoms with Crippen molar-refractivity contribution >= 4 is 15.9 Å². The fraction of sp³-hybridized carbons (Fsp3) is 0.471. The normalized spacial score (nSPS) is 12.6. The minimum Gasteiger partial charge on any atom is -0.310 e. The molecule has 0 aliphatic heterocycles. The molecule has 0 spiro atoms. The summed E-state index contributed by atoms with van der Waals surface area (Å²) in [5, 5.41) is 8.28. The number of rotatable bonds is 6. The van der Waals surface area contributed by atoms with Crippen LogP contribution in [0.3, 0.4) is 0 Å². The first-order valence-corrected chi connectivity index (χ1v) is 8.34. The topological polar surface area (TPSA) is 29.9 Å². The van der Waals surface area contributed by atoms with Crippen LogP contribution < -0.4 is 5.32 Å². The molecule has 3 nitrogen and oxygen atoms in total. The number of aromatic nitrogens is 2. The molecule has 0 saturated carbocycles. The van der Waals surface area contributed by atoms with E-state index in [4.69, 9.17) is 5.10 Å². The Labute approximate surface area is 135 Å². The van der Waals surface area contributed by atoms with Crippen LogP contribution in [0.1, 0.15) is 48.8 Å². The molecule has 1 unspecified atom stereocenters. The van der Waals surface area contributed by atoms with Crippen LogP contribution >= 0.6 is 15.9 Å². The van der Waals surface area contributed by atoms with Crippen LogP contribution in [0.4, 0.5) is 0 Å². The lowest BCUT2D eigenvalue weighted by Crippen LogP contribution is -2.20. The summed E-state index contributed by atoms with van der Waals surface area (Å²) >= 11 is 3.53. The third kappa shape index (κ3) is 3.95. The van der Waals surface area contributed by atoms with Crippen molar-refractivity contribution in [2.24, 2.45) is 0 Å². The number of benzene rings is 1. The number of hydrogen-bond acceptors (Lipinski definition) is 2. The first kappa shape index (κ1) is 16.2. The maximum absolute atomic E-state index is 4.73. The van der Waals surface area contributed by atoms with Crippen LogP contribution in [0, 0.1) is 13.8 Å². The van der Waals surface area contributed by atoms with Gasteiger partial charge in [0.1, 0.15) is 0 Å². The van der Waals surface area contributed by atoms with Gasteiger partial charge in [0.15, 0.2) is 0 Å². The van der Waals surface area contributed by atoms with E-state index in [-0.39, 0.29) is 0 Å². The average molecular weight is 350 g/mol. The molecule has 21 heavy (non-hydrogen) atoms. The van der Waals surface area contributed by atoms with Crippen molar-refractivity contribution in [3.8, 4) is 0 Å². The van der Waals surface area contributed by atoms with Gasteiger partial charge in [-0.15, -0.1) is 0 Å². The molecule has 0 radical (unpaired) electrons. The zero-order chi connectivity index (χ0) is 15.4. The highest BCUT2D eigenvalue weighted by Crippen LogP contribution is 2.22. The van der Waals surface area contributed by atoms with Crippen LogP contribution in [0.2, 0.25) is 0 Å². The molecule has 2 aromatic rings. The van der Waals surface area contributed by atoms with Crippen LogP contribution in [0.15, 0.2) is 28.7 Å². The summed E-state index contributed by atoms with van der Waals surface area (Å²) in [5.74, 6) is 0. The monoisotopic (exact) mass is 349 g/mol. The van der Waals surface area contributed by atoms with Gasteiger partial charge in [0.2, 0.25) is 0 Å². The lowest BCUT2D eigenvalue weighted by atomic mass is 10.1. The molecule has 0 bridgehead atoms. The van der Waals surface area contributed by atoms with E-state index in [1.165, 1.54) is 16.8 Å². The Kier molecular flexibility index (Phi) is 5.59. The second kappa shape index (κ2) is 7.23. The molecule has 0 fully saturated rings. The van der Waals surface area contributed by atoms with E-state index in [0.29, 0.717) is 6.04 Å². The second-order valence-electron chi connectivity index (χ2n) is 5.55. The SMILES string of the molecule is CCCNC(C)c1c(C)nn(Cc2cccc(Br)c2)c1C. The lowest BCUT2D eigenvalue weighted by Gasteiger charge is -2.14. The molecule has 0 aliphatic carbocycles. The molecule has 1 atom stereocenters. The van der Waals surface area contributed by atoms with Crippen molar-refractivity contribution in [2.75, 3.05) is 6.54 Å². The van der Waals surface area contributed by atoms with E-state index in [1.807, 2.05) is 6.07 Å². The van der Waals surface area contributed by atoms with E-state index in [0.717, 1.165) is 29.7 Å². The largest absolute Gasteiger partial charge is 0.310 e. The van der Waals surface area contributed by atoms with Gasteiger partial charge in [0, 0.05) is 21.8 Å². The summed E-state index contributed by atoms with van der Waals surface area (Å²) < 4.78 is 3.22. The molecule has 1 aromatic carbocycles. The highest BCUT2D eigenvalue weighted by atomic mass is 79.9. The number of nitrogens with one attached hydrogen (secondary N) is 1. The molecule has 0 saturated heterocycles. The van der Waals surface area contributed by atoms with Gasteiger partial charge in [-0.1, -0.05) is 35.0 Å².